The number of aliphatic hydroxyl groups is 1. The minimum Gasteiger partial charge on any atom is -0.388 e. The van der Waals surface area contributed by atoms with Gasteiger partial charge in [0.1, 0.15) is 19.0 Å². The van der Waals surface area contributed by atoms with Crippen molar-refractivity contribution in [3.05, 3.63) is 95.8 Å². The van der Waals surface area contributed by atoms with Crippen LogP contribution in [-0.4, -0.2) is 26.5 Å². The first-order valence-corrected chi connectivity index (χ1v) is 10.4. The lowest BCUT2D eigenvalue weighted by molar-refractivity contribution is -0.116. The summed E-state index contributed by atoms with van der Waals surface area (Å²) in [7, 11) is 0. The molecule has 0 aliphatic rings. The van der Waals surface area contributed by atoms with E-state index in [4.69, 9.17) is 0 Å². The Morgan fingerprint density at radius 2 is 1.66 bits per heavy atom. The summed E-state index contributed by atoms with van der Waals surface area (Å²) in [4.78, 5) is 30.1. The standard InChI is InChI=1S/C25H24N4O3/c1-17(18-9-3-2-4-10-18)26-25(32)19-11-5-6-12-20(19)28-24(31)15-29-22-14-8-7-13-21(22)27-23(29)16-30/h2-14,17,30H,15-16H2,1H3,(H,26,32)(H,28,31). The van der Waals surface area contributed by atoms with Gasteiger partial charge in [-0.2, -0.15) is 0 Å². The molecule has 7 nitrogen and oxygen atoms in total. The summed E-state index contributed by atoms with van der Waals surface area (Å²) < 4.78 is 1.67. The summed E-state index contributed by atoms with van der Waals surface area (Å²) >= 11 is 0. The molecule has 4 aromatic rings. The first-order valence-electron chi connectivity index (χ1n) is 10.4. The van der Waals surface area contributed by atoms with Crippen LogP contribution in [0.3, 0.4) is 0 Å². The maximum absolute atomic E-state index is 12.9. The van der Waals surface area contributed by atoms with Gasteiger partial charge in [0.05, 0.1) is 28.3 Å². The molecule has 2 amide bonds. The van der Waals surface area contributed by atoms with Crippen LogP contribution in [0, 0.1) is 0 Å². The molecule has 0 fully saturated rings. The van der Waals surface area contributed by atoms with E-state index in [1.807, 2.05) is 61.5 Å². The van der Waals surface area contributed by atoms with Gasteiger partial charge in [0, 0.05) is 0 Å². The molecule has 0 aliphatic heterocycles. The molecule has 0 radical (unpaired) electrons. The van der Waals surface area contributed by atoms with E-state index >= 15 is 0 Å². The summed E-state index contributed by atoms with van der Waals surface area (Å²) in [6.45, 7) is 1.60. The Labute approximate surface area is 185 Å². The smallest absolute Gasteiger partial charge is 0.253 e. The summed E-state index contributed by atoms with van der Waals surface area (Å²) in [6.07, 6.45) is 0. The third kappa shape index (κ3) is 4.53. The Kier molecular flexibility index (Phi) is 6.28. The van der Waals surface area contributed by atoms with Crippen molar-refractivity contribution in [1.29, 1.82) is 0 Å². The van der Waals surface area contributed by atoms with Gasteiger partial charge in [0.15, 0.2) is 0 Å². The zero-order chi connectivity index (χ0) is 22.5. The number of imidazole rings is 1. The van der Waals surface area contributed by atoms with E-state index in [-0.39, 0.29) is 31.0 Å². The van der Waals surface area contributed by atoms with E-state index in [1.54, 1.807) is 28.8 Å². The maximum Gasteiger partial charge on any atom is 0.253 e. The molecule has 1 heterocycles. The third-order valence-corrected chi connectivity index (χ3v) is 5.27. The van der Waals surface area contributed by atoms with Crippen LogP contribution in [0.5, 0.6) is 0 Å². The molecule has 4 rings (SSSR count). The average Bonchev–Trinajstić information content (AvgIpc) is 3.17. The van der Waals surface area contributed by atoms with Crippen molar-refractivity contribution in [2.24, 2.45) is 0 Å². The monoisotopic (exact) mass is 428 g/mol. The number of amides is 2. The molecule has 32 heavy (non-hydrogen) atoms. The van der Waals surface area contributed by atoms with Gasteiger partial charge in [0.2, 0.25) is 5.91 Å². The third-order valence-electron chi connectivity index (χ3n) is 5.27. The van der Waals surface area contributed by atoms with Crippen LogP contribution in [0.15, 0.2) is 78.9 Å². The molecule has 0 bridgehead atoms. The molecule has 7 heteroatoms. The van der Waals surface area contributed by atoms with Gasteiger partial charge in [-0.15, -0.1) is 0 Å². The topological polar surface area (TPSA) is 96.2 Å². The van der Waals surface area contributed by atoms with E-state index in [0.717, 1.165) is 11.1 Å². The highest BCUT2D eigenvalue weighted by atomic mass is 16.3. The molecule has 0 saturated carbocycles. The number of benzene rings is 3. The van der Waals surface area contributed by atoms with Crippen LogP contribution in [0.25, 0.3) is 11.0 Å². The normalized spacial score (nSPS) is 11.8. The molecule has 3 N–H and O–H groups in total. The van der Waals surface area contributed by atoms with Crippen molar-refractivity contribution in [3.8, 4) is 0 Å². The lowest BCUT2D eigenvalue weighted by Crippen LogP contribution is -2.28. The van der Waals surface area contributed by atoms with Crippen LogP contribution in [0.1, 0.15) is 34.7 Å². The van der Waals surface area contributed by atoms with Gasteiger partial charge in [-0.1, -0.05) is 54.6 Å². The maximum atomic E-state index is 12.9. The number of aliphatic hydroxyl groups excluding tert-OH is 1. The van der Waals surface area contributed by atoms with Gasteiger partial charge in [0.25, 0.3) is 5.91 Å². The molecule has 1 unspecified atom stereocenters. The number of para-hydroxylation sites is 3. The van der Waals surface area contributed by atoms with Crippen LogP contribution >= 0.6 is 0 Å². The Balaban J connectivity index is 1.51. The van der Waals surface area contributed by atoms with Crippen molar-refractivity contribution in [3.63, 3.8) is 0 Å². The lowest BCUT2D eigenvalue weighted by Gasteiger charge is -2.16. The Morgan fingerprint density at radius 1 is 0.969 bits per heavy atom. The number of fused-ring (bicyclic) bond motifs is 1. The zero-order valence-corrected chi connectivity index (χ0v) is 17.7. The van der Waals surface area contributed by atoms with Gasteiger partial charge in [-0.3, -0.25) is 9.59 Å². The fourth-order valence-electron chi connectivity index (χ4n) is 3.65. The Morgan fingerprint density at radius 3 is 2.44 bits per heavy atom. The van der Waals surface area contributed by atoms with E-state index in [1.165, 1.54) is 0 Å². The van der Waals surface area contributed by atoms with Gasteiger partial charge in [-0.05, 0) is 36.8 Å². The quantitative estimate of drug-likeness (QED) is 0.419. The SMILES string of the molecule is CC(NC(=O)c1ccccc1NC(=O)Cn1c(CO)nc2ccccc21)c1ccccc1. The highest BCUT2D eigenvalue weighted by molar-refractivity contribution is 6.04. The zero-order valence-electron chi connectivity index (χ0n) is 17.7. The minimum absolute atomic E-state index is 0.0349. The number of nitrogens with zero attached hydrogens (tertiary/aromatic N) is 2. The summed E-state index contributed by atoms with van der Waals surface area (Å²) in [6, 6.07) is 23.8. The first-order chi connectivity index (χ1) is 15.6. The first kappa shape index (κ1) is 21.3. The predicted octanol–water partition coefficient (Wildman–Crippen LogP) is 3.66. The fraction of sp³-hybridized carbons (Fsp3) is 0.160. The van der Waals surface area contributed by atoms with Gasteiger partial charge < -0.3 is 20.3 Å². The van der Waals surface area contributed by atoms with Gasteiger partial charge in [-0.25, -0.2) is 4.98 Å². The number of carbonyl (C=O) groups excluding carboxylic acids is 2. The predicted molar refractivity (Wildman–Crippen MR) is 123 cm³/mol. The van der Waals surface area contributed by atoms with Crippen molar-refractivity contribution in [1.82, 2.24) is 14.9 Å². The second-order valence-electron chi connectivity index (χ2n) is 7.46. The number of nitrogens with one attached hydrogen (secondary N) is 2. The number of carbonyl (C=O) groups is 2. The number of hydrogen-bond donors (Lipinski definition) is 3. The molecule has 0 saturated heterocycles. The van der Waals surface area contributed by atoms with Gasteiger partial charge >= 0.3 is 0 Å². The van der Waals surface area contributed by atoms with E-state index in [2.05, 4.69) is 15.6 Å². The summed E-state index contributed by atoms with van der Waals surface area (Å²) in [5, 5.41) is 15.5. The second-order valence-corrected chi connectivity index (χ2v) is 7.46. The molecule has 1 aromatic heterocycles. The lowest BCUT2D eigenvalue weighted by atomic mass is 10.1. The van der Waals surface area contributed by atoms with Crippen LogP contribution in [-0.2, 0) is 17.9 Å². The molecule has 1 atom stereocenters. The summed E-state index contributed by atoms with van der Waals surface area (Å²) in [5.41, 5.74) is 3.26. The van der Waals surface area contributed by atoms with Crippen molar-refractivity contribution in [2.75, 3.05) is 5.32 Å². The molecule has 0 aliphatic carbocycles. The molecular formula is C25H24N4O3. The number of anilines is 1. The van der Waals surface area contributed by atoms with Crippen LogP contribution in [0.4, 0.5) is 5.69 Å². The van der Waals surface area contributed by atoms with Crippen molar-refractivity contribution < 1.29 is 14.7 Å². The highest BCUT2D eigenvalue weighted by Crippen LogP contribution is 2.20. The highest BCUT2D eigenvalue weighted by Gasteiger charge is 2.17. The molecule has 162 valence electrons. The average molecular weight is 428 g/mol. The molecular weight excluding hydrogens is 404 g/mol. The number of rotatable bonds is 7. The van der Waals surface area contributed by atoms with Crippen molar-refractivity contribution in [2.45, 2.75) is 26.1 Å². The Bertz CT molecular complexity index is 1250. The number of hydrogen-bond acceptors (Lipinski definition) is 4. The molecule has 0 spiro atoms. The second kappa shape index (κ2) is 9.45. The van der Waals surface area contributed by atoms with E-state index < -0.39 is 0 Å². The molecule has 3 aromatic carbocycles. The van der Waals surface area contributed by atoms with E-state index in [0.29, 0.717) is 22.6 Å². The largest absolute Gasteiger partial charge is 0.388 e. The fourth-order valence-corrected chi connectivity index (χ4v) is 3.65. The summed E-state index contributed by atoms with van der Waals surface area (Å²) in [5.74, 6) is -0.190. The van der Waals surface area contributed by atoms with Crippen LogP contribution < -0.4 is 10.6 Å². The van der Waals surface area contributed by atoms with Crippen molar-refractivity contribution >= 4 is 28.5 Å². The minimum atomic E-state index is -0.320. The van der Waals surface area contributed by atoms with Crippen LogP contribution in [0.2, 0.25) is 0 Å². The number of aromatic nitrogens is 2. The Hall–Kier alpha value is -3.97. The van der Waals surface area contributed by atoms with E-state index in [9.17, 15) is 14.7 Å².